The number of hydrogen-bond acceptors (Lipinski definition) is 6. The number of aliphatic carboxylic acids is 1. The van der Waals surface area contributed by atoms with E-state index in [4.69, 9.17) is 17.3 Å². The summed E-state index contributed by atoms with van der Waals surface area (Å²) >= 11 is 6.10. The summed E-state index contributed by atoms with van der Waals surface area (Å²) in [6.45, 7) is 0.290. The number of rotatable bonds is 8. The Hall–Kier alpha value is -2.97. The van der Waals surface area contributed by atoms with E-state index < -0.39 is 35.4 Å². The van der Waals surface area contributed by atoms with Gasteiger partial charge in [0.2, 0.25) is 0 Å². The van der Waals surface area contributed by atoms with Crippen molar-refractivity contribution in [3.63, 3.8) is 0 Å². The Balaban J connectivity index is 1.83. The van der Waals surface area contributed by atoms with Crippen LogP contribution in [0.15, 0.2) is 41.3 Å². The molecule has 1 aliphatic heterocycles. The topological polar surface area (TPSA) is 82.5 Å². The first-order valence-electron chi connectivity index (χ1n) is 10.3. The monoisotopic (exact) mass is 549 g/mol. The van der Waals surface area contributed by atoms with Crippen LogP contribution in [-0.4, -0.2) is 37.8 Å². The highest BCUT2D eigenvalue weighted by atomic mass is 32.2. The maximum atomic E-state index is 13.2. The molecule has 0 spiro atoms. The van der Waals surface area contributed by atoms with Crippen LogP contribution in [0.5, 0.6) is 0 Å². The van der Waals surface area contributed by atoms with Crippen LogP contribution in [-0.2, 0) is 21.9 Å². The van der Waals surface area contributed by atoms with Crippen molar-refractivity contribution in [2.45, 2.75) is 31.6 Å². The molecular formula is C22H17F6N3O3S2. The molecule has 1 fully saturated rings. The van der Waals surface area contributed by atoms with Crippen molar-refractivity contribution >= 4 is 46.3 Å². The lowest BCUT2D eigenvalue weighted by atomic mass is 10.0. The summed E-state index contributed by atoms with van der Waals surface area (Å²) in [7, 11) is 0. The van der Waals surface area contributed by atoms with E-state index in [-0.39, 0.29) is 45.2 Å². The van der Waals surface area contributed by atoms with Crippen molar-refractivity contribution in [3.05, 3.63) is 58.1 Å². The van der Waals surface area contributed by atoms with E-state index in [0.717, 1.165) is 16.8 Å². The van der Waals surface area contributed by atoms with E-state index in [9.17, 15) is 35.9 Å². The quantitative estimate of drug-likeness (QED) is 0.188. The fraction of sp³-hybridized carbons (Fsp3) is 0.273. The highest BCUT2D eigenvalue weighted by Gasteiger charge is 2.37. The first kappa shape index (κ1) is 27.6. The van der Waals surface area contributed by atoms with E-state index in [2.05, 4.69) is 10.4 Å². The number of carbonyl (C=O) groups is 2. The molecule has 1 aliphatic rings. The third kappa shape index (κ3) is 7.04. The standard InChI is InChI=1S/C22H17F6N3O3S2/c23-21(24,25)13-8-12(9-14(10-13)22(26,27)28)16-5-3-4-15(30-16)11-17-19(34)31(20(35)36-17)29-7-2-1-6-18(32)33/h3-5,8-11,29H,1-2,6-7H2,(H,32,33). The summed E-state index contributed by atoms with van der Waals surface area (Å²) in [5.74, 6) is -1.45. The number of carboxylic acids is 1. The minimum Gasteiger partial charge on any atom is -0.481 e. The largest absolute Gasteiger partial charge is 0.481 e. The van der Waals surface area contributed by atoms with Crippen molar-refractivity contribution in [3.8, 4) is 11.3 Å². The maximum absolute atomic E-state index is 13.2. The number of carbonyl (C=O) groups excluding carboxylic acids is 1. The predicted octanol–water partition coefficient (Wildman–Crippen LogP) is 5.75. The molecule has 1 aromatic heterocycles. The number of halogens is 6. The number of hydrazine groups is 1. The van der Waals surface area contributed by atoms with Gasteiger partial charge in [0, 0.05) is 18.5 Å². The Labute approximate surface area is 210 Å². The number of nitrogens with one attached hydrogen (secondary N) is 1. The van der Waals surface area contributed by atoms with E-state index in [1.54, 1.807) is 0 Å². The lowest BCUT2D eigenvalue weighted by Gasteiger charge is -2.15. The minimum atomic E-state index is -5.00. The summed E-state index contributed by atoms with van der Waals surface area (Å²) in [5.41, 5.74) is -0.530. The summed E-state index contributed by atoms with van der Waals surface area (Å²) in [4.78, 5) is 27.5. The van der Waals surface area contributed by atoms with Crippen LogP contribution in [0.25, 0.3) is 17.3 Å². The first-order valence-corrected chi connectivity index (χ1v) is 11.5. The zero-order valence-corrected chi connectivity index (χ0v) is 19.7. The van der Waals surface area contributed by atoms with Gasteiger partial charge < -0.3 is 5.11 Å². The summed E-state index contributed by atoms with van der Waals surface area (Å²) in [6.07, 6.45) is -7.81. The zero-order chi connectivity index (χ0) is 26.7. The van der Waals surface area contributed by atoms with E-state index in [1.165, 1.54) is 24.3 Å². The Morgan fingerprint density at radius 2 is 1.72 bits per heavy atom. The minimum absolute atomic E-state index is 0.0155. The van der Waals surface area contributed by atoms with Crippen molar-refractivity contribution in [1.82, 2.24) is 15.4 Å². The van der Waals surface area contributed by atoms with Crippen LogP contribution >= 0.6 is 24.0 Å². The molecule has 2 N–H and O–H groups in total. The second kappa shape index (κ2) is 11.0. The molecule has 0 radical (unpaired) electrons. The van der Waals surface area contributed by atoms with Crippen molar-refractivity contribution in [1.29, 1.82) is 0 Å². The average molecular weight is 550 g/mol. The van der Waals surface area contributed by atoms with Gasteiger partial charge in [0.05, 0.1) is 27.4 Å². The summed E-state index contributed by atoms with van der Waals surface area (Å²) in [5, 5.41) is 9.76. The van der Waals surface area contributed by atoms with Crippen LogP contribution in [0, 0.1) is 0 Å². The average Bonchev–Trinajstić information content (AvgIpc) is 3.04. The number of pyridine rings is 1. The van der Waals surface area contributed by atoms with Crippen molar-refractivity contribution in [2.75, 3.05) is 6.54 Å². The number of unbranched alkanes of at least 4 members (excludes halogenated alkanes) is 1. The maximum Gasteiger partial charge on any atom is 0.416 e. The molecule has 0 atom stereocenters. The fourth-order valence-electron chi connectivity index (χ4n) is 3.13. The molecule has 2 aromatic rings. The summed E-state index contributed by atoms with van der Waals surface area (Å²) in [6, 6.07) is 5.28. The highest BCUT2D eigenvalue weighted by molar-refractivity contribution is 8.26. The molecule has 1 amide bonds. The molecule has 2 heterocycles. The lowest BCUT2D eigenvalue weighted by molar-refractivity contribution is -0.143. The van der Waals surface area contributed by atoms with Crippen molar-refractivity contribution in [2.24, 2.45) is 0 Å². The molecule has 0 unspecified atom stereocenters. The number of thiocarbonyl (C=S) groups is 1. The van der Waals surface area contributed by atoms with Crippen molar-refractivity contribution < 1.29 is 41.0 Å². The van der Waals surface area contributed by atoms with Gasteiger partial charge in [0.1, 0.15) is 0 Å². The van der Waals surface area contributed by atoms with Gasteiger partial charge >= 0.3 is 18.3 Å². The number of aromatic nitrogens is 1. The van der Waals surface area contributed by atoms with Crippen LogP contribution in [0.3, 0.4) is 0 Å². The van der Waals surface area contributed by atoms with Gasteiger partial charge in [-0.25, -0.2) is 15.4 Å². The van der Waals surface area contributed by atoms with E-state index >= 15 is 0 Å². The fourth-order valence-corrected chi connectivity index (χ4v) is 4.33. The van der Waals surface area contributed by atoms with Crippen LogP contribution < -0.4 is 5.43 Å². The van der Waals surface area contributed by atoms with Gasteiger partial charge in [0.25, 0.3) is 5.91 Å². The lowest BCUT2D eigenvalue weighted by Crippen LogP contribution is -2.41. The third-order valence-corrected chi connectivity index (χ3v) is 6.12. The molecule has 0 saturated carbocycles. The Bertz CT molecular complexity index is 1180. The van der Waals surface area contributed by atoms with Gasteiger partial charge in [-0.3, -0.25) is 9.59 Å². The Morgan fingerprint density at radius 3 is 2.31 bits per heavy atom. The molecule has 0 aliphatic carbocycles. The molecule has 3 rings (SSSR count). The molecule has 0 bridgehead atoms. The number of alkyl halides is 6. The second-order valence-electron chi connectivity index (χ2n) is 7.52. The van der Waals surface area contributed by atoms with Gasteiger partial charge in [0.15, 0.2) is 4.32 Å². The highest BCUT2D eigenvalue weighted by Crippen LogP contribution is 2.38. The van der Waals surface area contributed by atoms with E-state index in [1.807, 2.05) is 0 Å². The summed E-state index contributed by atoms with van der Waals surface area (Å²) < 4.78 is 79.4. The van der Waals surface area contributed by atoms with Crippen LogP contribution in [0.1, 0.15) is 36.1 Å². The van der Waals surface area contributed by atoms with Gasteiger partial charge in [-0.1, -0.05) is 30.0 Å². The molecule has 36 heavy (non-hydrogen) atoms. The third-order valence-electron chi connectivity index (χ3n) is 4.81. The Kier molecular flexibility index (Phi) is 8.41. The van der Waals surface area contributed by atoms with Gasteiger partial charge in [-0.15, -0.1) is 0 Å². The van der Waals surface area contributed by atoms with Crippen LogP contribution in [0.4, 0.5) is 26.3 Å². The Morgan fingerprint density at radius 1 is 1.08 bits per heavy atom. The molecule has 1 aromatic carbocycles. The number of hydrogen-bond donors (Lipinski definition) is 2. The van der Waals surface area contributed by atoms with E-state index in [0.29, 0.717) is 25.0 Å². The SMILES string of the molecule is O=C(O)CCCCNN1C(=O)C(=Cc2cccc(-c3cc(C(F)(F)F)cc(C(F)(F)F)c3)n2)SC1=S. The number of nitrogens with zero attached hydrogens (tertiary/aromatic N) is 2. The number of benzene rings is 1. The zero-order valence-electron chi connectivity index (χ0n) is 18.1. The second-order valence-corrected chi connectivity index (χ2v) is 9.19. The van der Waals surface area contributed by atoms with Gasteiger partial charge in [-0.2, -0.15) is 26.3 Å². The first-order chi connectivity index (χ1) is 16.8. The normalized spacial score (nSPS) is 15.7. The molecule has 14 heteroatoms. The predicted molar refractivity (Wildman–Crippen MR) is 124 cm³/mol. The van der Waals surface area contributed by atoms with Crippen LogP contribution in [0.2, 0.25) is 0 Å². The molecule has 1 saturated heterocycles. The smallest absolute Gasteiger partial charge is 0.416 e. The number of carboxylic acid groups (broad SMARTS) is 1. The number of thioether (sulfide) groups is 1. The molecule has 6 nitrogen and oxygen atoms in total. The van der Waals surface area contributed by atoms with Gasteiger partial charge in [-0.05, 0) is 49.2 Å². The number of amides is 1. The molecule has 192 valence electrons. The molecular weight excluding hydrogens is 532 g/mol.